The van der Waals surface area contributed by atoms with Crippen molar-refractivity contribution in [3.63, 3.8) is 0 Å². The summed E-state index contributed by atoms with van der Waals surface area (Å²) in [4.78, 5) is 20.8. The third-order valence-corrected chi connectivity index (χ3v) is 5.93. The summed E-state index contributed by atoms with van der Waals surface area (Å²) in [5, 5.41) is 7.25. The first-order valence-electron chi connectivity index (χ1n) is 10.0. The number of halogens is 1. The number of rotatable bonds is 5. The van der Waals surface area contributed by atoms with E-state index < -0.39 is 0 Å². The maximum absolute atomic E-state index is 11.9. The largest absolute Gasteiger partial charge is 0.353 e. The average molecular weight is 477 g/mol. The summed E-state index contributed by atoms with van der Waals surface area (Å²) in [6.45, 7) is 4.82. The van der Waals surface area contributed by atoms with Gasteiger partial charge in [-0.25, -0.2) is 4.99 Å². The van der Waals surface area contributed by atoms with Gasteiger partial charge in [0, 0.05) is 45.3 Å². The molecule has 3 atom stereocenters. The van der Waals surface area contributed by atoms with Gasteiger partial charge in [0.25, 0.3) is 0 Å². The van der Waals surface area contributed by atoms with E-state index in [1.807, 2.05) is 0 Å². The first-order chi connectivity index (χ1) is 12.0. The van der Waals surface area contributed by atoms with Crippen molar-refractivity contribution in [2.75, 3.05) is 33.7 Å². The lowest BCUT2D eigenvalue weighted by Gasteiger charge is -2.31. The molecule has 2 N–H and O–H groups in total. The summed E-state index contributed by atoms with van der Waals surface area (Å²) in [5.41, 5.74) is 0. The molecule has 3 rings (SSSR count). The molecule has 1 saturated heterocycles. The van der Waals surface area contributed by atoms with Gasteiger partial charge in [-0.15, -0.1) is 24.0 Å². The summed E-state index contributed by atoms with van der Waals surface area (Å²) in [6, 6.07) is 1.74. The van der Waals surface area contributed by atoms with Gasteiger partial charge in [-0.05, 0) is 38.0 Å². The van der Waals surface area contributed by atoms with Crippen molar-refractivity contribution in [2.24, 2.45) is 10.9 Å². The number of likely N-dealkylation sites (tertiary alicyclic amines) is 1. The summed E-state index contributed by atoms with van der Waals surface area (Å²) < 4.78 is 0. The maximum Gasteiger partial charge on any atom is 0.243 e. The molecule has 6 nitrogen and oxygen atoms in total. The number of carbonyl (C=O) groups is 1. The van der Waals surface area contributed by atoms with Crippen LogP contribution in [0.1, 0.15) is 51.9 Å². The van der Waals surface area contributed by atoms with Crippen molar-refractivity contribution in [1.82, 2.24) is 20.4 Å². The van der Waals surface area contributed by atoms with E-state index in [0.717, 1.165) is 18.5 Å². The third-order valence-electron chi connectivity index (χ3n) is 5.93. The number of amides is 1. The Morgan fingerprint density at radius 3 is 2.50 bits per heavy atom. The molecular weight excluding hydrogens is 441 g/mol. The van der Waals surface area contributed by atoms with Crippen LogP contribution in [0.4, 0.5) is 0 Å². The van der Waals surface area contributed by atoms with Crippen LogP contribution in [0, 0.1) is 5.92 Å². The highest BCUT2D eigenvalue weighted by atomic mass is 127. The minimum absolute atomic E-state index is 0. The van der Waals surface area contributed by atoms with Gasteiger partial charge in [-0.3, -0.25) is 9.69 Å². The van der Waals surface area contributed by atoms with E-state index in [4.69, 9.17) is 0 Å². The number of likely N-dealkylation sites (N-methyl/N-ethyl adjacent to an activating group) is 1. The summed E-state index contributed by atoms with van der Waals surface area (Å²) in [7, 11) is 3.57. The van der Waals surface area contributed by atoms with Crippen LogP contribution in [-0.4, -0.2) is 73.5 Å². The number of nitrogens with zero attached hydrogens (tertiary/aromatic N) is 3. The minimum atomic E-state index is 0. The number of hydrogen-bond donors (Lipinski definition) is 2. The maximum atomic E-state index is 11.9. The van der Waals surface area contributed by atoms with Gasteiger partial charge in [-0.2, -0.15) is 0 Å². The Kier molecular flexibility index (Phi) is 8.44. The van der Waals surface area contributed by atoms with E-state index in [0.29, 0.717) is 18.0 Å². The summed E-state index contributed by atoms with van der Waals surface area (Å²) in [5.74, 6) is 1.54. The van der Waals surface area contributed by atoms with Crippen LogP contribution in [0.15, 0.2) is 4.99 Å². The second-order valence-electron chi connectivity index (χ2n) is 8.32. The molecule has 0 radical (unpaired) electrons. The van der Waals surface area contributed by atoms with Crippen molar-refractivity contribution in [1.29, 1.82) is 0 Å². The summed E-state index contributed by atoms with van der Waals surface area (Å²) in [6.07, 6.45) is 8.98. The number of nitrogens with one attached hydrogen (secondary N) is 2. The van der Waals surface area contributed by atoms with Crippen molar-refractivity contribution in [3.8, 4) is 0 Å². The number of guanidine groups is 1. The highest BCUT2D eigenvalue weighted by Crippen LogP contribution is 2.29. The Morgan fingerprint density at radius 2 is 1.85 bits per heavy atom. The fraction of sp³-hybridized carbons (Fsp3) is 0.895. The van der Waals surface area contributed by atoms with Crippen LogP contribution in [-0.2, 0) is 4.79 Å². The van der Waals surface area contributed by atoms with E-state index >= 15 is 0 Å². The molecule has 2 saturated carbocycles. The van der Waals surface area contributed by atoms with Crippen molar-refractivity contribution < 1.29 is 4.79 Å². The van der Waals surface area contributed by atoms with Crippen LogP contribution >= 0.6 is 24.0 Å². The number of carbonyl (C=O) groups excluding carboxylic acids is 1. The predicted molar refractivity (Wildman–Crippen MR) is 117 cm³/mol. The second kappa shape index (κ2) is 10.1. The Bertz CT molecular complexity index is 494. The first kappa shape index (κ1) is 21.7. The molecule has 26 heavy (non-hydrogen) atoms. The van der Waals surface area contributed by atoms with Gasteiger partial charge in [0.15, 0.2) is 5.96 Å². The normalized spacial score (nSPS) is 29.8. The quantitative estimate of drug-likeness (QED) is 0.362. The molecule has 1 aliphatic heterocycles. The molecule has 0 bridgehead atoms. The van der Waals surface area contributed by atoms with E-state index in [1.54, 1.807) is 19.0 Å². The third kappa shape index (κ3) is 6.25. The smallest absolute Gasteiger partial charge is 0.243 e. The molecule has 150 valence electrons. The lowest BCUT2D eigenvalue weighted by atomic mass is 9.86. The summed E-state index contributed by atoms with van der Waals surface area (Å²) >= 11 is 0. The molecule has 0 aromatic heterocycles. The molecule has 1 heterocycles. The van der Waals surface area contributed by atoms with Crippen LogP contribution < -0.4 is 10.6 Å². The fourth-order valence-electron chi connectivity index (χ4n) is 4.00. The Hall–Kier alpha value is -0.570. The minimum Gasteiger partial charge on any atom is -0.353 e. The van der Waals surface area contributed by atoms with Crippen LogP contribution in [0.3, 0.4) is 0 Å². The number of aliphatic imine (C=N–C) groups is 1. The molecule has 2 aliphatic carbocycles. The zero-order valence-corrected chi connectivity index (χ0v) is 18.9. The monoisotopic (exact) mass is 477 g/mol. The van der Waals surface area contributed by atoms with Crippen molar-refractivity contribution in [2.45, 2.75) is 70.0 Å². The number of hydrogen-bond acceptors (Lipinski definition) is 3. The second-order valence-corrected chi connectivity index (χ2v) is 8.32. The van der Waals surface area contributed by atoms with Gasteiger partial charge in [-0.1, -0.05) is 19.8 Å². The van der Waals surface area contributed by atoms with Crippen LogP contribution in [0.25, 0.3) is 0 Å². The standard InChI is InChI=1S/C19H35N5O.HI/c1-14-6-4-5-7-17(14)22-19(20-12-18(25)23(2)3)21-15-10-11-24(13-15)16-8-9-16;/h14-17H,4-13H2,1-3H3,(H2,20,21,22);1H. The fourth-order valence-corrected chi connectivity index (χ4v) is 4.00. The van der Waals surface area contributed by atoms with Crippen molar-refractivity contribution >= 4 is 35.8 Å². The topological polar surface area (TPSA) is 60.0 Å². The van der Waals surface area contributed by atoms with Gasteiger partial charge in [0.2, 0.25) is 5.91 Å². The molecule has 3 fully saturated rings. The molecule has 1 amide bonds. The van der Waals surface area contributed by atoms with Crippen LogP contribution in [0.2, 0.25) is 0 Å². The predicted octanol–water partition coefficient (Wildman–Crippen LogP) is 2.04. The molecule has 0 aromatic carbocycles. The Balaban J connectivity index is 0.00000243. The van der Waals surface area contributed by atoms with E-state index in [9.17, 15) is 4.79 Å². The van der Waals surface area contributed by atoms with Crippen molar-refractivity contribution in [3.05, 3.63) is 0 Å². The molecule has 0 spiro atoms. The van der Waals surface area contributed by atoms with E-state index in [-0.39, 0.29) is 36.4 Å². The average Bonchev–Trinajstić information content (AvgIpc) is 3.34. The van der Waals surface area contributed by atoms with Gasteiger partial charge >= 0.3 is 0 Å². The van der Waals surface area contributed by atoms with Gasteiger partial charge in [0.05, 0.1) is 0 Å². The SMILES string of the molecule is CC1CCCCC1NC(=NCC(=O)N(C)C)NC1CCN(C2CC2)C1.I. The van der Waals surface area contributed by atoms with Gasteiger partial charge in [0.1, 0.15) is 6.54 Å². The zero-order valence-electron chi connectivity index (χ0n) is 16.5. The lowest BCUT2D eigenvalue weighted by Crippen LogP contribution is -2.51. The highest BCUT2D eigenvalue weighted by molar-refractivity contribution is 14.0. The Labute approximate surface area is 175 Å². The van der Waals surface area contributed by atoms with E-state index in [2.05, 4.69) is 27.4 Å². The Morgan fingerprint density at radius 1 is 1.12 bits per heavy atom. The molecule has 3 aliphatic rings. The molecule has 7 heteroatoms. The lowest BCUT2D eigenvalue weighted by molar-refractivity contribution is -0.127. The molecular formula is C19H36IN5O. The first-order valence-corrected chi connectivity index (χ1v) is 10.0. The van der Waals surface area contributed by atoms with E-state index in [1.165, 1.54) is 51.5 Å². The zero-order chi connectivity index (χ0) is 17.8. The molecule has 0 aromatic rings. The van der Waals surface area contributed by atoms with Gasteiger partial charge < -0.3 is 15.5 Å². The van der Waals surface area contributed by atoms with Crippen LogP contribution in [0.5, 0.6) is 0 Å². The highest BCUT2D eigenvalue weighted by Gasteiger charge is 2.35. The molecule has 3 unspecified atom stereocenters.